The molecule has 1 aliphatic carbocycles. The van der Waals surface area contributed by atoms with E-state index < -0.39 is 16.4 Å². The second-order valence-electron chi connectivity index (χ2n) is 5.37. The molecule has 0 unspecified atom stereocenters. The zero-order chi connectivity index (χ0) is 15.4. The monoisotopic (exact) mass is 295 g/mol. The average molecular weight is 295 g/mol. The third-order valence-corrected chi connectivity index (χ3v) is 3.93. The Morgan fingerprint density at radius 3 is 2.57 bits per heavy atom. The van der Waals surface area contributed by atoms with Crippen molar-refractivity contribution in [3.8, 4) is 0 Å². The first-order chi connectivity index (χ1) is 9.97. The van der Waals surface area contributed by atoms with Crippen LogP contribution in [0, 0.1) is 21.8 Å². The lowest BCUT2D eigenvalue weighted by atomic mass is 9.85. The predicted molar refractivity (Wildman–Crippen MR) is 74.8 cm³/mol. The molecule has 1 saturated carbocycles. The summed E-state index contributed by atoms with van der Waals surface area (Å²) in [5.74, 6) is -1.11. The lowest BCUT2D eigenvalue weighted by Crippen LogP contribution is -2.36. The van der Waals surface area contributed by atoms with Crippen LogP contribution in [0.3, 0.4) is 0 Å². The highest BCUT2D eigenvalue weighted by Gasteiger charge is 2.24. The largest absolute Gasteiger partial charge is 0.369 e. The number of carbonyl (C=O) groups is 1. The number of amides is 1. The molecule has 0 spiro atoms. The Morgan fingerprint density at radius 2 is 2.05 bits per heavy atom. The van der Waals surface area contributed by atoms with Gasteiger partial charge in [0.1, 0.15) is 0 Å². The van der Waals surface area contributed by atoms with Crippen molar-refractivity contribution < 1.29 is 14.1 Å². The van der Waals surface area contributed by atoms with E-state index in [1.165, 1.54) is 12.1 Å². The number of halogens is 1. The van der Waals surface area contributed by atoms with Crippen molar-refractivity contribution in [1.29, 1.82) is 0 Å². The molecule has 0 heterocycles. The van der Waals surface area contributed by atoms with Gasteiger partial charge in [0.15, 0.2) is 0 Å². The molecule has 114 valence electrons. The Hall–Kier alpha value is -2.02. The average Bonchev–Trinajstić information content (AvgIpc) is 2.45. The standard InChI is InChI=1S/C14H18FN3O3/c15-12-7-9(1-6-13(12)18(20)21)8-17-11-4-2-10(3-5-11)14(16)19/h1,6-7,10-11,17H,2-5,8H2,(H2,16,19). The van der Waals surface area contributed by atoms with E-state index in [1.807, 2.05) is 0 Å². The molecule has 3 N–H and O–H groups in total. The smallest absolute Gasteiger partial charge is 0.304 e. The first-order valence-corrected chi connectivity index (χ1v) is 6.93. The Labute approximate surface area is 121 Å². The number of nitrogens with zero attached hydrogens (tertiary/aromatic N) is 1. The highest BCUT2D eigenvalue weighted by atomic mass is 19.1. The summed E-state index contributed by atoms with van der Waals surface area (Å²) in [6.07, 6.45) is 3.23. The van der Waals surface area contributed by atoms with E-state index in [1.54, 1.807) is 6.07 Å². The van der Waals surface area contributed by atoms with Gasteiger partial charge in [-0.3, -0.25) is 14.9 Å². The molecule has 1 aromatic carbocycles. The van der Waals surface area contributed by atoms with Crippen molar-refractivity contribution >= 4 is 11.6 Å². The maximum absolute atomic E-state index is 13.5. The number of primary amides is 1. The molecule has 1 amide bonds. The molecule has 0 atom stereocenters. The van der Waals surface area contributed by atoms with E-state index in [9.17, 15) is 19.3 Å². The van der Waals surface area contributed by atoms with Crippen LogP contribution in [-0.2, 0) is 11.3 Å². The van der Waals surface area contributed by atoms with Crippen LogP contribution in [0.5, 0.6) is 0 Å². The van der Waals surface area contributed by atoms with Gasteiger partial charge in [0.25, 0.3) is 0 Å². The van der Waals surface area contributed by atoms with Gasteiger partial charge >= 0.3 is 5.69 Å². The summed E-state index contributed by atoms with van der Waals surface area (Å²) < 4.78 is 13.5. The lowest BCUT2D eigenvalue weighted by molar-refractivity contribution is -0.387. The summed E-state index contributed by atoms with van der Waals surface area (Å²) in [5.41, 5.74) is 5.43. The summed E-state index contributed by atoms with van der Waals surface area (Å²) in [6.45, 7) is 0.445. The Bertz CT molecular complexity index is 542. The topological polar surface area (TPSA) is 98.3 Å². The molecular weight excluding hydrogens is 277 g/mol. The van der Waals surface area contributed by atoms with Crippen molar-refractivity contribution in [3.63, 3.8) is 0 Å². The van der Waals surface area contributed by atoms with Gasteiger partial charge in [0.2, 0.25) is 11.7 Å². The molecule has 1 aromatic rings. The Morgan fingerprint density at radius 1 is 1.38 bits per heavy atom. The lowest BCUT2D eigenvalue weighted by Gasteiger charge is -2.27. The number of nitrogens with one attached hydrogen (secondary N) is 1. The zero-order valence-electron chi connectivity index (χ0n) is 11.5. The van der Waals surface area contributed by atoms with Gasteiger partial charge in [-0.2, -0.15) is 4.39 Å². The molecule has 7 heteroatoms. The molecule has 1 fully saturated rings. The number of hydrogen-bond donors (Lipinski definition) is 2. The first-order valence-electron chi connectivity index (χ1n) is 6.93. The van der Waals surface area contributed by atoms with E-state index in [0.717, 1.165) is 25.7 Å². The van der Waals surface area contributed by atoms with Crippen LogP contribution >= 0.6 is 0 Å². The maximum atomic E-state index is 13.5. The van der Waals surface area contributed by atoms with Gasteiger partial charge in [-0.1, -0.05) is 6.07 Å². The third kappa shape index (κ3) is 3.98. The fourth-order valence-electron chi connectivity index (χ4n) is 2.65. The molecule has 0 bridgehead atoms. The van der Waals surface area contributed by atoms with E-state index >= 15 is 0 Å². The Kier molecular flexibility index (Phi) is 4.85. The number of rotatable bonds is 5. The fourth-order valence-corrected chi connectivity index (χ4v) is 2.65. The highest BCUT2D eigenvalue weighted by molar-refractivity contribution is 5.76. The summed E-state index contributed by atoms with van der Waals surface area (Å²) in [7, 11) is 0. The number of carbonyl (C=O) groups excluding carboxylic acids is 1. The normalized spacial score (nSPS) is 22.0. The van der Waals surface area contributed by atoms with Crippen LogP contribution in [0.4, 0.5) is 10.1 Å². The third-order valence-electron chi connectivity index (χ3n) is 3.93. The second-order valence-corrected chi connectivity index (χ2v) is 5.37. The molecule has 0 aliphatic heterocycles. The number of nitro benzene ring substituents is 1. The van der Waals surface area contributed by atoms with Crippen LogP contribution in [-0.4, -0.2) is 16.9 Å². The van der Waals surface area contributed by atoms with Crippen LogP contribution < -0.4 is 11.1 Å². The van der Waals surface area contributed by atoms with E-state index in [4.69, 9.17) is 5.73 Å². The van der Waals surface area contributed by atoms with Crippen molar-refractivity contribution in [3.05, 3.63) is 39.7 Å². The van der Waals surface area contributed by atoms with Gasteiger partial charge in [-0.05, 0) is 37.3 Å². The van der Waals surface area contributed by atoms with Gasteiger partial charge in [-0.25, -0.2) is 0 Å². The van der Waals surface area contributed by atoms with E-state index in [-0.39, 0.29) is 17.9 Å². The van der Waals surface area contributed by atoms with Crippen molar-refractivity contribution in [1.82, 2.24) is 5.32 Å². The summed E-state index contributed by atoms with van der Waals surface area (Å²) in [6, 6.07) is 4.17. The molecule has 21 heavy (non-hydrogen) atoms. The minimum atomic E-state index is -0.822. The molecule has 0 saturated heterocycles. The summed E-state index contributed by atoms with van der Waals surface area (Å²) in [5, 5.41) is 13.8. The fraction of sp³-hybridized carbons (Fsp3) is 0.500. The van der Waals surface area contributed by atoms with Crippen LogP contribution in [0.25, 0.3) is 0 Å². The number of benzene rings is 1. The maximum Gasteiger partial charge on any atom is 0.304 e. The van der Waals surface area contributed by atoms with Gasteiger partial charge in [-0.15, -0.1) is 0 Å². The first kappa shape index (κ1) is 15.4. The summed E-state index contributed by atoms with van der Waals surface area (Å²) >= 11 is 0. The number of hydrogen-bond acceptors (Lipinski definition) is 4. The molecular formula is C14H18FN3O3. The van der Waals surface area contributed by atoms with Crippen LogP contribution in [0.1, 0.15) is 31.2 Å². The van der Waals surface area contributed by atoms with Gasteiger partial charge in [0.05, 0.1) is 4.92 Å². The van der Waals surface area contributed by atoms with Gasteiger partial charge < -0.3 is 11.1 Å². The second kappa shape index (κ2) is 6.62. The highest BCUT2D eigenvalue weighted by Crippen LogP contribution is 2.24. The van der Waals surface area contributed by atoms with E-state index in [0.29, 0.717) is 12.1 Å². The van der Waals surface area contributed by atoms with Gasteiger partial charge in [0, 0.05) is 24.6 Å². The van der Waals surface area contributed by atoms with Crippen molar-refractivity contribution in [2.75, 3.05) is 0 Å². The molecule has 1 aliphatic rings. The van der Waals surface area contributed by atoms with Crippen LogP contribution in [0.2, 0.25) is 0 Å². The van der Waals surface area contributed by atoms with Crippen LogP contribution in [0.15, 0.2) is 18.2 Å². The molecule has 2 rings (SSSR count). The minimum absolute atomic E-state index is 0.0418. The van der Waals surface area contributed by atoms with Crippen molar-refractivity contribution in [2.24, 2.45) is 11.7 Å². The van der Waals surface area contributed by atoms with E-state index in [2.05, 4.69) is 5.32 Å². The van der Waals surface area contributed by atoms with Crippen molar-refractivity contribution in [2.45, 2.75) is 38.3 Å². The summed E-state index contributed by atoms with van der Waals surface area (Å²) in [4.78, 5) is 20.9. The number of nitrogens with two attached hydrogens (primary N) is 1. The number of nitro groups is 1. The molecule has 6 nitrogen and oxygen atoms in total. The zero-order valence-corrected chi connectivity index (χ0v) is 11.5. The Balaban J connectivity index is 1.85. The SMILES string of the molecule is NC(=O)C1CCC(NCc2ccc([N+](=O)[O-])c(F)c2)CC1. The predicted octanol–water partition coefficient (Wildman–Crippen LogP) is 1.87. The molecule has 0 radical (unpaired) electrons. The molecule has 0 aromatic heterocycles. The minimum Gasteiger partial charge on any atom is -0.369 e. The quantitative estimate of drug-likeness (QED) is 0.640.